The Bertz CT molecular complexity index is 123. The van der Waals surface area contributed by atoms with E-state index < -0.39 is 6.29 Å². The Kier molecular flexibility index (Phi) is 10.5. The number of hydrogen-bond donors (Lipinski definition) is 1. The lowest BCUT2D eigenvalue weighted by molar-refractivity contribution is -0.0648. The molecule has 1 atom stereocenters. The second kappa shape index (κ2) is 10.7. The Hall–Kier alpha value is -0.340. The van der Waals surface area contributed by atoms with Crippen LogP contribution in [0.4, 0.5) is 0 Å². The lowest BCUT2D eigenvalue weighted by Gasteiger charge is -2.06. The minimum absolute atomic E-state index is 0.640. The van der Waals surface area contributed by atoms with Crippen molar-refractivity contribution in [2.75, 3.05) is 6.61 Å². The summed E-state index contributed by atoms with van der Waals surface area (Å²) in [5.41, 5.74) is 0. The van der Waals surface area contributed by atoms with Crippen LogP contribution in [0.3, 0.4) is 0 Å². The summed E-state index contributed by atoms with van der Waals surface area (Å²) in [6, 6.07) is 0. The Morgan fingerprint density at radius 3 is 2.29 bits per heavy atom. The monoisotopic (exact) mass is 200 g/mol. The minimum Gasteiger partial charge on any atom is -0.365 e. The molecule has 0 radical (unpaired) electrons. The molecule has 0 bridgehead atoms. The highest BCUT2D eigenvalue weighted by molar-refractivity contribution is 4.69. The van der Waals surface area contributed by atoms with E-state index in [1.807, 2.05) is 0 Å². The summed E-state index contributed by atoms with van der Waals surface area (Å²) in [5.74, 6) is 0. The molecule has 0 spiro atoms. The second-order valence-corrected chi connectivity index (χ2v) is 3.62. The molecule has 14 heavy (non-hydrogen) atoms. The number of ether oxygens (including phenoxy) is 1. The predicted octanol–water partition coefficient (Wildman–Crippen LogP) is 3.26. The largest absolute Gasteiger partial charge is 0.365 e. The van der Waals surface area contributed by atoms with Gasteiger partial charge in [-0.15, -0.1) is 0 Å². The van der Waals surface area contributed by atoms with E-state index in [-0.39, 0.29) is 0 Å². The van der Waals surface area contributed by atoms with Crippen LogP contribution >= 0.6 is 0 Å². The fraction of sp³-hybridized carbons (Fsp3) is 0.833. The average Bonchev–Trinajstić information content (AvgIpc) is 2.21. The van der Waals surface area contributed by atoms with Gasteiger partial charge >= 0.3 is 0 Å². The van der Waals surface area contributed by atoms with Crippen LogP contribution in [0.5, 0.6) is 0 Å². The normalized spacial score (nSPS) is 12.7. The standard InChI is InChI=1S/C12H24O2/c1-3-5-6-7-8-9-10-11-14-12(13)4-2/h4,12-13H,2-3,5-11H2,1H3. The molecule has 1 unspecified atom stereocenters. The van der Waals surface area contributed by atoms with E-state index in [0.717, 1.165) is 6.42 Å². The molecule has 0 rings (SSSR count). The lowest BCUT2D eigenvalue weighted by atomic mass is 10.1. The molecule has 0 aromatic heterocycles. The summed E-state index contributed by atoms with van der Waals surface area (Å²) < 4.78 is 5.06. The Morgan fingerprint density at radius 2 is 1.71 bits per heavy atom. The van der Waals surface area contributed by atoms with Crippen molar-refractivity contribution in [3.05, 3.63) is 12.7 Å². The number of hydrogen-bond acceptors (Lipinski definition) is 2. The van der Waals surface area contributed by atoms with E-state index in [1.165, 1.54) is 44.6 Å². The van der Waals surface area contributed by atoms with Gasteiger partial charge in [-0.1, -0.05) is 52.0 Å². The van der Waals surface area contributed by atoms with Crippen molar-refractivity contribution in [2.24, 2.45) is 0 Å². The van der Waals surface area contributed by atoms with Gasteiger partial charge in [-0.2, -0.15) is 0 Å². The van der Waals surface area contributed by atoms with Gasteiger partial charge in [0.15, 0.2) is 6.29 Å². The molecule has 0 aromatic carbocycles. The first-order valence-electron chi connectivity index (χ1n) is 5.73. The first-order valence-corrected chi connectivity index (χ1v) is 5.73. The van der Waals surface area contributed by atoms with Gasteiger partial charge in [-0.3, -0.25) is 0 Å². The summed E-state index contributed by atoms with van der Waals surface area (Å²) in [6.07, 6.45) is 9.49. The summed E-state index contributed by atoms with van der Waals surface area (Å²) in [4.78, 5) is 0. The van der Waals surface area contributed by atoms with Crippen LogP contribution in [0.15, 0.2) is 12.7 Å². The SMILES string of the molecule is C=CC(O)OCCCCCCCCC. The van der Waals surface area contributed by atoms with E-state index >= 15 is 0 Å². The van der Waals surface area contributed by atoms with Crippen LogP contribution in [-0.2, 0) is 4.74 Å². The number of unbranched alkanes of at least 4 members (excludes halogenated alkanes) is 6. The highest BCUT2D eigenvalue weighted by atomic mass is 16.6. The molecule has 0 aliphatic carbocycles. The molecule has 0 aliphatic heterocycles. The van der Waals surface area contributed by atoms with Crippen LogP contribution in [-0.4, -0.2) is 18.0 Å². The third kappa shape index (κ3) is 9.75. The van der Waals surface area contributed by atoms with Crippen LogP contribution < -0.4 is 0 Å². The second-order valence-electron chi connectivity index (χ2n) is 3.62. The van der Waals surface area contributed by atoms with Crippen molar-refractivity contribution in [1.82, 2.24) is 0 Å². The quantitative estimate of drug-likeness (QED) is 0.333. The maximum absolute atomic E-state index is 8.99. The molecular weight excluding hydrogens is 176 g/mol. The Morgan fingerprint density at radius 1 is 1.14 bits per heavy atom. The zero-order chi connectivity index (χ0) is 10.6. The molecule has 1 N–H and O–H groups in total. The molecule has 0 fully saturated rings. The molecule has 0 amide bonds. The molecule has 0 heterocycles. The fourth-order valence-corrected chi connectivity index (χ4v) is 1.33. The zero-order valence-corrected chi connectivity index (χ0v) is 9.37. The van der Waals surface area contributed by atoms with Gasteiger partial charge in [0.05, 0.1) is 6.61 Å². The topological polar surface area (TPSA) is 29.5 Å². The van der Waals surface area contributed by atoms with Crippen molar-refractivity contribution in [3.8, 4) is 0 Å². The van der Waals surface area contributed by atoms with Gasteiger partial charge < -0.3 is 9.84 Å². The van der Waals surface area contributed by atoms with E-state index in [1.54, 1.807) is 0 Å². The lowest BCUT2D eigenvalue weighted by Crippen LogP contribution is -2.08. The van der Waals surface area contributed by atoms with Gasteiger partial charge in [0.25, 0.3) is 0 Å². The molecule has 0 saturated carbocycles. The molecule has 84 valence electrons. The summed E-state index contributed by atoms with van der Waals surface area (Å²) >= 11 is 0. The van der Waals surface area contributed by atoms with Crippen molar-refractivity contribution < 1.29 is 9.84 Å². The fourth-order valence-electron chi connectivity index (χ4n) is 1.33. The van der Waals surface area contributed by atoms with Gasteiger partial charge in [-0.05, 0) is 12.5 Å². The van der Waals surface area contributed by atoms with E-state index in [2.05, 4.69) is 13.5 Å². The molecule has 0 aliphatic rings. The average molecular weight is 200 g/mol. The highest BCUT2D eigenvalue weighted by Crippen LogP contribution is 2.07. The van der Waals surface area contributed by atoms with E-state index in [9.17, 15) is 0 Å². The van der Waals surface area contributed by atoms with Gasteiger partial charge in [0.2, 0.25) is 0 Å². The predicted molar refractivity (Wildman–Crippen MR) is 60.1 cm³/mol. The third-order valence-electron chi connectivity index (χ3n) is 2.24. The molecule has 0 saturated heterocycles. The van der Waals surface area contributed by atoms with Crippen molar-refractivity contribution >= 4 is 0 Å². The maximum Gasteiger partial charge on any atom is 0.173 e. The third-order valence-corrected chi connectivity index (χ3v) is 2.24. The summed E-state index contributed by atoms with van der Waals surface area (Å²) in [7, 11) is 0. The van der Waals surface area contributed by atoms with Crippen molar-refractivity contribution in [3.63, 3.8) is 0 Å². The van der Waals surface area contributed by atoms with E-state index in [0.29, 0.717) is 6.61 Å². The number of aliphatic hydroxyl groups is 1. The molecule has 2 heteroatoms. The Labute approximate surface area is 88.0 Å². The van der Waals surface area contributed by atoms with Gasteiger partial charge in [0.1, 0.15) is 0 Å². The van der Waals surface area contributed by atoms with Crippen LogP contribution in [0.1, 0.15) is 51.9 Å². The zero-order valence-electron chi connectivity index (χ0n) is 9.37. The minimum atomic E-state index is -0.782. The summed E-state index contributed by atoms with van der Waals surface area (Å²) in [6.45, 7) is 6.30. The Balaban J connectivity index is 2.95. The first-order chi connectivity index (χ1) is 6.81. The maximum atomic E-state index is 8.99. The molecule has 2 nitrogen and oxygen atoms in total. The summed E-state index contributed by atoms with van der Waals surface area (Å²) in [5, 5.41) is 8.99. The van der Waals surface area contributed by atoms with E-state index in [4.69, 9.17) is 9.84 Å². The molecular formula is C12H24O2. The van der Waals surface area contributed by atoms with Gasteiger partial charge in [-0.25, -0.2) is 0 Å². The number of aliphatic hydroxyl groups excluding tert-OH is 1. The molecule has 0 aromatic rings. The van der Waals surface area contributed by atoms with Gasteiger partial charge in [0, 0.05) is 0 Å². The smallest absolute Gasteiger partial charge is 0.173 e. The van der Waals surface area contributed by atoms with Crippen LogP contribution in [0.2, 0.25) is 0 Å². The number of rotatable bonds is 10. The first kappa shape index (κ1) is 13.7. The highest BCUT2D eigenvalue weighted by Gasteiger charge is 1.96. The van der Waals surface area contributed by atoms with Crippen LogP contribution in [0, 0.1) is 0 Å². The van der Waals surface area contributed by atoms with Crippen LogP contribution in [0.25, 0.3) is 0 Å². The van der Waals surface area contributed by atoms with Crippen molar-refractivity contribution in [2.45, 2.75) is 58.2 Å². The van der Waals surface area contributed by atoms with Crippen molar-refractivity contribution in [1.29, 1.82) is 0 Å².